The molecule has 0 saturated heterocycles. The van der Waals surface area contributed by atoms with E-state index in [1.54, 1.807) is 6.92 Å². The Morgan fingerprint density at radius 2 is 2.05 bits per heavy atom. The molecule has 1 atom stereocenters. The van der Waals surface area contributed by atoms with E-state index in [0.717, 1.165) is 6.07 Å². The summed E-state index contributed by atoms with van der Waals surface area (Å²) in [5.41, 5.74) is 4.42. The summed E-state index contributed by atoms with van der Waals surface area (Å²) in [6.07, 6.45) is -4.94. The quantitative estimate of drug-likeness (QED) is 0.855. The van der Waals surface area contributed by atoms with Gasteiger partial charge in [0.05, 0.1) is 18.6 Å². The highest BCUT2D eigenvalue weighted by Crippen LogP contribution is 2.38. The molecule has 0 bridgehead atoms. The van der Waals surface area contributed by atoms with Crippen molar-refractivity contribution >= 4 is 30.0 Å². The highest BCUT2D eigenvalue weighted by Gasteiger charge is 2.36. The Morgan fingerprint density at radius 3 is 2.55 bits per heavy atom. The van der Waals surface area contributed by atoms with Crippen molar-refractivity contribution in [1.82, 2.24) is 0 Å². The zero-order valence-electron chi connectivity index (χ0n) is 10.5. The fourth-order valence-corrected chi connectivity index (χ4v) is 1.98. The fourth-order valence-electron chi connectivity index (χ4n) is 1.66. The molecule has 0 aliphatic rings. The van der Waals surface area contributed by atoms with E-state index in [9.17, 15) is 18.0 Å². The molecule has 0 amide bonds. The average molecular weight is 332 g/mol. The molecule has 0 spiro atoms. The summed E-state index contributed by atoms with van der Waals surface area (Å²) in [6.45, 7) is 1.74. The maximum absolute atomic E-state index is 12.8. The van der Waals surface area contributed by atoms with Crippen molar-refractivity contribution in [2.75, 3.05) is 6.61 Å². The first-order chi connectivity index (χ1) is 8.77. The molecule has 0 heterocycles. The van der Waals surface area contributed by atoms with E-state index in [0.29, 0.717) is 0 Å². The van der Waals surface area contributed by atoms with Crippen LogP contribution in [-0.4, -0.2) is 12.6 Å². The maximum atomic E-state index is 12.8. The van der Waals surface area contributed by atoms with Crippen molar-refractivity contribution in [3.05, 3.63) is 34.3 Å². The number of rotatable bonds is 4. The first kappa shape index (κ1) is 19.0. The van der Waals surface area contributed by atoms with E-state index in [1.807, 2.05) is 0 Å². The third kappa shape index (κ3) is 4.85. The number of hydrogen-bond acceptors (Lipinski definition) is 3. The molecule has 1 rings (SSSR count). The highest BCUT2D eigenvalue weighted by atomic mass is 35.5. The lowest BCUT2D eigenvalue weighted by atomic mass is 9.98. The van der Waals surface area contributed by atoms with Gasteiger partial charge >= 0.3 is 12.1 Å². The molecule has 1 aromatic carbocycles. The third-order valence-electron chi connectivity index (χ3n) is 2.42. The monoisotopic (exact) mass is 331 g/mol. The van der Waals surface area contributed by atoms with Gasteiger partial charge in [-0.3, -0.25) is 4.79 Å². The predicted octanol–water partition coefficient (Wildman–Crippen LogP) is 3.73. The molecule has 0 unspecified atom stereocenters. The van der Waals surface area contributed by atoms with Crippen LogP contribution in [0.25, 0.3) is 0 Å². The van der Waals surface area contributed by atoms with Gasteiger partial charge in [-0.25, -0.2) is 0 Å². The van der Waals surface area contributed by atoms with E-state index >= 15 is 0 Å². The molecule has 0 aliphatic heterocycles. The second kappa shape index (κ2) is 7.71. The lowest BCUT2D eigenvalue weighted by Crippen LogP contribution is -2.21. The Hall–Kier alpha value is -0.980. The smallest absolute Gasteiger partial charge is 0.416 e. The summed E-state index contributed by atoms with van der Waals surface area (Å²) in [6, 6.07) is 2.21. The Kier molecular flexibility index (Phi) is 7.33. The van der Waals surface area contributed by atoms with Crippen LogP contribution < -0.4 is 5.73 Å². The van der Waals surface area contributed by atoms with Gasteiger partial charge in [0.25, 0.3) is 0 Å². The van der Waals surface area contributed by atoms with Crippen molar-refractivity contribution in [1.29, 1.82) is 0 Å². The molecule has 20 heavy (non-hydrogen) atoms. The van der Waals surface area contributed by atoms with Crippen LogP contribution in [0.1, 0.15) is 30.5 Å². The van der Waals surface area contributed by atoms with Gasteiger partial charge in [-0.15, -0.1) is 12.4 Å². The van der Waals surface area contributed by atoms with Gasteiger partial charge in [-0.1, -0.05) is 17.7 Å². The van der Waals surface area contributed by atoms with E-state index in [2.05, 4.69) is 4.74 Å². The van der Waals surface area contributed by atoms with E-state index in [1.165, 1.54) is 12.1 Å². The van der Waals surface area contributed by atoms with Crippen LogP contribution in [0.5, 0.6) is 0 Å². The van der Waals surface area contributed by atoms with Crippen LogP contribution in [0.2, 0.25) is 5.02 Å². The van der Waals surface area contributed by atoms with Crippen LogP contribution in [0.3, 0.4) is 0 Å². The van der Waals surface area contributed by atoms with Crippen molar-refractivity contribution in [2.24, 2.45) is 5.73 Å². The number of hydrogen-bond donors (Lipinski definition) is 1. The van der Waals surface area contributed by atoms with E-state index in [4.69, 9.17) is 17.3 Å². The van der Waals surface area contributed by atoms with Gasteiger partial charge in [-0.2, -0.15) is 13.2 Å². The second-order valence-electron chi connectivity index (χ2n) is 3.81. The standard InChI is InChI=1S/C12H13ClF3NO2.ClH/c1-2-19-10(18)6-9(17)11-7(12(14,15)16)4-3-5-8(11)13;/h3-5,9H,2,6,17H2,1H3;1H/t9-;/m0./s1. The molecule has 0 radical (unpaired) electrons. The Bertz CT molecular complexity index is 467. The fraction of sp³-hybridized carbons (Fsp3) is 0.417. The molecule has 3 nitrogen and oxygen atoms in total. The summed E-state index contributed by atoms with van der Waals surface area (Å²) in [4.78, 5) is 11.3. The largest absolute Gasteiger partial charge is 0.466 e. The zero-order valence-corrected chi connectivity index (χ0v) is 12.1. The number of ether oxygens (including phenoxy) is 1. The number of carbonyl (C=O) groups excluding carboxylic acids is 1. The Labute approximate surface area is 125 Å². The number of nitrogens with two attached hydrogens (primary N) is 1. The molecule has 0 saturated carbocycles. The highest BCUT2D eigenvalue weighted by molar-refractivity contribution is 6.31. The predicted molar refractivity (Wildman–Crippen MR) is 71.9 cm³/mol. The number of benzene rings is 1. The van der Waals surface area contributed by atoms with Crippen LogP contribution in [0.15, 0.2) is 18.2 Å². The van der Waals surface area contributed by atoms with Crippen LogP contribution >= 0.6 is 24.0 Å². The number of carbonyl (C=O) groups is 1. The summed E-state index contributed by atoms with van der Waals surface area (Å²) < 4.78 is 43.2. The van der Waals surface area contributed by atoms with Gasteiger partial charge in [-0.05, 0) is 19.1 Å². The van der Waals surface area contributed by atoms with Crippen molar-refractivity contribution in [3.63, 3.8) is 0 Å². The maximum Gasteiger partial charge on any atom is 0.416 e. The molecule has 2 N–H and O–H groups in total. The van der Waals surface area contributed by atoms with Gasteiger partial charge in [0.2, 0.25) is 0 Å². The topological polar surface area (TPSA) is 52.3 Å². The normalized spacial score (nSPS) is 12.5. The Morgan fingerprint density at radius 1 is 1.45 bits per heavy atom. The van der Waals surface area contributed by atoms with Crippen molar-refractivity contribution < 1.29 is 22.7 Å². The minimum atomic E-state index is -4.58. The minimum Gasteiger partial charge on any atom is -0.466 e. The molecular weight excluding hydrogens is 318 g/mol. The molecule has 0 aliphatic carbocycles. The SMILES string of the molecule is CCOC(=O)C[C@H](N)c1c(Cl)cccc1C(F)(F)F.Cl. The molecule has 0 fully saturated rings. The lowest BCUT2D eigenvalue weighted by Gasteiger charge is -2.19. The van der Waals surface area contributed by atoms with Crippen molar-refractivity contribution in [3.8, 4) is 0 Å². The number of esters is 1. The average Bonchev–Trinajstić information content (AvgIpc) is 2.27. The van der Waals surface area contributed by atoms with Crippen LogP contribution in [0, 0.1) is 0 Å². The van der Waals surface area contributed by atoms with E-state index in [-0.39, 0.29) is 36.0 Å². The van der Waals surface area contributed by atoms with Gasteiger partial charge in [0.1, 0.15) is 0 Å². The lowest BCUT2D eigenvalue weighted by molar-refractivity contribution is -0.144. The van der Waals surface area contributed by atoms with Gasteiger partial charge in [0.15, 0.2) is 0 Å². The summed E-state index contributed by atoms with van der Waals surface area (Å²) in [5.74, 6) is -0.664. The third-order valence-corrected chi connectivity index (χ3v) is 2.75. The van der Waals surface area contributed by atoms with Crippen molar-refractivity contribution in [2.45, 2.75) is 25.6 Å². The Balaban J connectivity index is 0.00000361. The van der Waals surface area contributed by atoms with Gasteiger partial charge in [0, 0.05) is 16.6 Å². The first-order valence-corrected chi connectivity index (χ1v) is 5.92. The van der Waals surface area contributed by atoms with Crippen LogP contribution in [-0.2, 0) is 15.7 Å². The number of alkyl halides is 3. The van der Waals surface area contributed by atoms with Crippen LogP contribution in [0.4, 0.5) is 13.2 Å². The zero-order chi connectivity index (χ0) is 14.6. The second-order valence-corrected chi connectivity index (χ2v) is 4.22. The number of halogens is 5. The first-order valence-electron chi connectivity index (χ1n) is 5.54. The molecule has 0 aromatic heterocycles. The molecular formula is C12H14Cl2F3NO2. The van der Waals surface area contributed by atoms with Gasteiger partial charge < -0.3 is 10.5 Å². The minimum absolute atomic E-state index is 0. The summed E-state index contributed by atoms with van der Waals surface area (Å²) in [5, 5.41) is -0.119. The summed E-state index contributed by atoms with van der Waals surface area (Å²) in [7, 11) is 0. The molecule has 114 valence electrons. The van der Waals surface area contributed by atoms with E-state index < -0.39 is 23.8 Å². The summed E-state index contributed by atoms with van der Waals surface area (Å²) >= 11 is 5.76. The molecule has 1 aromatic rings. The molecule has 8 heteroatoms.